The summed E-state index contributed by atoms with van der Waals surface area (Å²) in [6.07, 6.45) is 4.59. The molecule has 1 saturated carbocycles. The van der Waals surface area contributed by atoms with E-state index in [1.807, 2.05) is 30.5 Å². The van der Waals surface area contributed by atoms with Gasteiger partial charge >= 0.3 is 0 Å². The number of methoxy groups -OCH3 is 1. The van der Waals surface area contributed by atoms with Crippen LogP contribution >= 0.6 is 11.8 Å². The van der Waals surface area contributed by atoms with E-state index in [1.165, 1.54) is 0 Å². The van der Waals surface area contributed by atoms with Gasteiger partial charge in [0.25, 0.3) is 0 Å². The lowest BCUT2D eigenvalue weighted by atomic mass is 9.93. The molecule has 0 aliphatic heterocycles. The van der Waals surface area contributed by atoms with E-state index in [4.69, 9.17) is 4.74 Å². The Kier molecular flexibility index (Phi) is 6.28. The number of ketones is 2. The van der Waals surface area contributed by atoms with E-state index in [9.17, 15) is 9.59 Å². The van der Waals surface area contributed by atoms with E-state index in [2.05, 4.69) is 18.2 Å². The molecule has 0 amide bonds. The standard InChI is InChI=1S/C22H24O3S/c1-25-14-17-6-4-3-5-16(17)11-18-12-19(26-2)9-10-20(18)22(24)13-21(23)15-7-8-15/h3-6,9-10,12,15H,7-8,11,13-14H2,1-2H3. The summed E-state index contributed by atoms with van der Waals surface area (Å²) >= 11 is 1.65. The summed E-state index contributed by atoms with van der Waals surface area (Å²) in [5.74, 6) is 0.152. The Morgan fingerprint density at radius 2 is 1.81 bits per heavy atom. The van der Waals surface area contributed by atoms with Gasteiger partial charge in [-0.2, -0.15) is 0 Å². The third-order valence-corrected chi connectivity index (χ3v) is 5.50. The van der Waals surface area contributed by atoms with Crippen molar-refractivity contribution in [1.29, 1.82) is 0 Å². The summed E-state index contributed by atoms with van der Waals surface area (Å²) in [6.45, 7) is 0.543. The number of Topliss-reactive ketones (excluding diaryl/α,β-unsaturated/α-hetero) is 2. The zero-order chi connectivity index (χ0) is 18.5. The minimum atomic E-state index is -0.0613. The van der Waals surface area contributed by atoms with Gasteiger partial charge in [-0.1, -0.05) is 24.3 Å². The zero-order valence-corrected chi connectivity index (χ0v) is 16.1. The summed E-state index contributed by atoms with van der Waals surface area (Å²) in [7, 11) is 1.68. The highest BCUT2D eigenvalue weighted by Gasteiger charge is 2.31. The summed E-state index contributed by atoms with van der Waals surface area (Å²) in [5, 5.41) is 0. The molecule has 0 unspecified atom stereocenters. The molecule has 1 aliphatic rings. The van der Waals surface area contributed by atoms with Gasteiger partial charge in [0.2, 0.25) is 0 Å². The Labute approximate surface area is 159 Å². The summed E-state index contributed by atoms with van der Waals surface area (Å²) in [4.78, 5) is 26.0. The van der Waals surface area contributed by atoms with Crippen LogP contribution < -0.4 is 0 Å². The number of hydrogen-bond donors (Lipinski definition) is 0. The molecule has 3 rings (SSSR count). The van der Waals surface area contributed by atoms with Crippen LogP contribution in [-0.2, 0) is 22.6 Å². The molecular formula is C22H24O3S. The van der Waals surface area contributed by atoms with Gasteiger partial charge in [-0.15, -0.1) is 11.8 Å². The third-order valence-electron chi connectivity index (χ3n) is 4.78. The first-order chi connectivity index (χ1) is 12.6. The Bertz CT molecular complexity index is 809. The van der Waals surface area contributed by atoms with Crippen LogP contribution in [-0.4, -0.2) is 24.9 Å². The first kappa shape index (κ1) is 18.9. The molecule has 3 nitrogen and oxygen atoms in total. The molecule has 0 atom stereocenters. The maximum Gasteiger partial charge on any atom is 0.170 e. The largest absolute Gasteiger partial charge is 0.380 e. The SMILES string of the molecule is COCc1ccccc1Cc1cc(SC)ccc1C(=O)CC(=O)C1CC1. The van der Waals surface area contributed by atoms with Crippen LogP contribution in [0.25, 0.3) is 0 Å². The lowest BCUT2D eigenvalue weighted by molar-refractivity contribution is -0.119. The van der Waals surface area contributed by atoms with E-state index >= 15 is 0 Å². The van der Waals surface area contributed by atoms with Crippen molar-refractivity contribution in [1.82, 2.24) is 0 Å². The number of carbonyl (C=O) groups excluding carboxylic acids is 2. The Morgan fingerprint density at radius 3 is 2.46 bits per heavy atom. The second kappa shape index (κ2) is 8.65. The van der Waals surface area contributed by atoms with Crippen LogP contribution in [0.15, 0.2) is 47.4 Å². The van der Waals surface area contributed by atoms with Crippen molar-refractivity contribution in [3.63, 3.8) is 0 Å². The molecule has 0 N–H and O–H groups in total. The monoisotopic (exact) mass is 368 g/mol. The molecule has 0 aromatic heterocycles. The van der Waals surface area contributed by atoms with Crippen LogP contribution in [0.4, 0.5) is 0 Å². The van der Waals surface area contributed by atoms with Crippen LogP contribution in [0.3, 0.4) is 0 Å². The second-order valence-electron chi connectivity index (χ2n) is 6.74. The molecule has 0 bridgehead atoms. The molecule has 0 heterocycles. The molecule has 1 fully saturated rings. The highest BCUT2D eigenvalue weighted by atomic mass is 32.2. The van der Waals surface area contributed by atoms with Gasteiger partial charge in [0, 0.05) is 23.5 Å². The molecule has 26 heavy (non-hydrogen) atoms. The van der Waals surface area contributed by atoms with Crippen LogP contribution in [0.5, 0.6) is 0 Å². The normalized spacial score (nSPS) is 13.6. The van der Waals surface area contributed by atoms with Crippen molar-refractivity contribution in [3.05, 3.63) is 64.7 Å². The van der Waals surface area contributed by atoms with E-state index in [0.717, 1.165) is 34.4 Å². The van der Waals surface area contributed by atoms with E-state index in [1.54, 1.807) is 18.9 Å². The summed E-state index contributed by atoms with van der Waals surface area (Å²) in [6, 6.07) is 14.0. The topological polar surface area (TPSA) is 43.4 Å². The maximum absolute atomic E-state index is 12.8. The van der Waals surface area contributed by atoms with E-state index in [-0.39, 0.29) is 23.9 Å². The lowest BCUT2D eigenvalue weighted by Gasteiger charge is -2.13. The van der Waals surface area contributed by atoms with Gasteiger partial charge in [-0.05, 0) is 60.4 Å². The van der Waals surface area contributed by atoms with Crippen molar-refractivity contribution in [2.24, 2.45) is 5.92 Å². The molecular weight excluding hydrogens is 344 g/mol. The number of carbonyl (C=O) groups is 2. The molecule has 4 heteroatoms. The van der Waals surface area contributed by atoms with E-state index in [0.29, 0.717) is 18.6 Å². The third kappa shape index (κ3) is 4.63. The maximum atomic E-state index is 12.8. The summed E-state index contributed by atoms with van der Waals surface area (Å²) in [5.41, 5.74) is 3.92. The molecule has 2 aromatic rings. The molecule has 0 radical (unpaired) electrons. The van der Waals surface area contributed by atoms with Crippen molar-refractivity contribution < 1.29 is 14.3 Å². The van der Waals surface area contributed by atoms with Gasteiger partial charge in [-0.25, -0.2) is 0 Å². The molecule has 0 spiro atoms. The Morgan fingerprint density at radius 1 is 1.08 bits per heavy atom. The molecule has 0 saturated heterocycles. The van der Waals surface area contributed by atoms with Gasteiger partial charge in [-0.3, -0.25) is 9.59 Å². The number of hydrogen-bond acceptors (Lipinski definition) is 4. The summed E-state index contributed by atoms with van der Waals surface area (Å²) < 4.78 is 5.30. The average molecular weight is 368 g/mol. The quantitative estimate of drug-likeness (QED) is 0.366. The van der Waals surface area contributed by atoms with Crippen molar-refractivity contribution in [3.8, 4) is 0 Å². The minimum Gasteiger partial charge on any atom is -0.380 e. The molecule has 2 aromatic carbocycles. The molecule has 1 aliphatic carbocycles. The predicted molar refractivity (Wildman–Crippen MR) is 105 cm³/mol. The van der Waals surface area contributed by atoms with Crippen molar-refractivity contribution in [2.45, 2.75) is 37.2 Å². The van der Waals surface area contributed by atoms with Crippen molar-refractivity contribution >= 4 is 23.3 Å². The zero-order valence-electron chi connectivity index (χ0n) is 15.3. The van der Waals surface area contributed by atoms with Gasteiger partial charge in [0.05, 0.1) is 13.0 Å². The first-order valence-electron chi connectivity index (χ1n) is 8.91. The first-order valence-corrected chi connectivity index (χ1v) is 10.1. The van der Waals surface area contributed by atoms with Crippen molar-refractivity contribution in [2.75, 3.05) is 13.4 Å². The van der Waals surface area contributed by atoms with Gasteiger partial charge in [0.1, 0.15) is 5.78 Å². The molecule has 136 valence electrons. The Balaban J connectivity index is 1.89. The number of rotatable bonds is 9. The van der Waals surface area contributed by atoms with Gasteiger partial charge < -0.3 is 4.74 Å². The second-order valence-corrected chi connectivity index (χ2v) is 7.62. The van der Waals surface area contributed by atoms with Crippen LogP contribution in [0, 0.1) is 5.92 Å². The lowest BCUT2D eigenvalue weighted by Crippen LogP contribution is -2.12. The fourth-order valence-corrected chi connectivity index (χ4v) is 3.61. The number of thioether (sulfide) groups is 1. The van der Waals surface area contributed by atoms with Crippen LogP contribution in [0.1, 0.15) is 46.3 Å². The minimum absolute atomic E-state index is 0.0238. The smallest absolute Gasteiger partial charge is 0.170 e. The van der Waals surface area contributed by atoms with Crippen LogP contribution in [0.2, 0.25) is 0 Å². The fraction of sp³-hybridized carbons (Fsp3) is 0.364. The average Bonchev–Trinajstić information content (AvgIpc) is 3.48. The number of benzene rings is 2. The highest BCUT2D eigenvalue weighted by molar-refractivity contribution is 7.98. The Hall–Kier alpha value is -1.91. The van der Waals surface area contributed by atoms with E-state index < -0.39 is 0 Å². The predicted octanol–water partition coefficient (Wildman–Crippen LogP) is 4.70. The number of ether oxygens (including phenoxy) is 1. The highest BCUT2D eigenvalue weighted by Crippen LogP contribution is 2.32. The van der Waals surface area contributed by atoms with Gasteiger partial charge in [0.15, 0.2) is 5.78 Å². The fourth-order valence-electron chi connectivity index (χ4n) is 3.15.